The second kappa shape index (κ2) is 17.6. The van der Waals surface area contributed by atoms with Gasteiger partial charge in [-0.15, -0.1) is 0 Å². The molecule has 5 atom stereocenters. The summed E-state index contributed by atoms with van der Waals surface area (Å²) in [5.41, 5.74) is 4.29. The minimum absolute atomic E-state index is 0.304. The highest BCUT2D eigenvalue weighted by molar-refractivity contribution is 5.48. The minimum Gasteiger partial charge on any atom is -0.374 e. The lowest BCUT2D eigenvalue weighted by molar-refractivity contribution is -0.273. The second-order valence-electron chi connectivity index (χ2n) is 11.1. The molecule has 0 radical (unpaired) electrons. The van der Waals surface area contributed by atoms with Gasteiger partial charge in [0, 0.05) is 6.42 Å². The van der Waals surface area contributed by atoms with Crippen molar-refractivity contribution < 1.29 is 28.5 Å². The summed E-state index contributed by atoms with van der Waals surface area (Å²) in [5.74, 6) is 0. The lowest BCUT2D eigenvalue weighted by atomic mass is 9.91. The molecule has 0 unspecified atom stereocenters. The van der Waals surface area contributed by atoms with Crippen molar-refractivity contribution in [2.45, 2.75) is 76.2 Å². The van der Waals surface area contributed by atoms with Gasteiger partial charge in [-0.1, -0.05) is 121 Å². The predicted molar refractivity (Wildman–Crippen MR) is 170 cm³/mol. The highest BCUT2D eigenvalue weighted by Gasteiger charge is 2.48. The van der Waals surface area contributed by atoms with Gasteiger partial charge in [-0.25, -0.2) is 0 Å². The van der Waals surface area contributed by atoms with Crippen LogP contribution in [-0.2, 0) is 54.9 Å². The van der Waals surface area contributed by atoms with Crippen molar-refractivity contribution >= 4 is 6.29 Å². The number of hydrogen-bond acceptors (Lipinski definition) is 6. The first-order valence-corrected chi connectivity index (χ1v) is 15.5. The molecule has 4 aromatic rings. The molecular formula is C38H42O6. The van der Waals surface area contributed by atoms with Gasteiger partial charge in [0.1, 0.15) is 30.7 Å². The molecule has 6 nitrogen and oxygen atoms in total. The Morgan fingerprint density at radius 2 is 0.932 bits per heavy atom. The van der Waals surface area contributed by atoms with Crippen molar-refractivity contribution in [1.29, 1.82) is 0 Å². The van der Waals surface area contributed by atoms with Crippen LogP contribution in [0.2, 0.25) is 0 Å². The van der Waals surface area contributed by atoms with Crippen LogP contribution in [0.15, 0.2) is 121 Å². The monoisotopic (exact) mass is 594 g/mol. The molecule has 0 N–H and O–H groups in total. The van der Waals surface area contributed by atoms with Crippen molar-refractivity contribution in [2.75, 3.05) is 6.61 Å². The van der Waals surface area contributed by atoms with Crippen LogP contribution in [0.1, 0.15) is 41.5 Å². The van der Waals surface area contributed by atoms with Crippen LogP contribution in [0.25, 0.3) is 0 Å². The van der Waals surface area contributed by atoms with E-state index in [1.165, 1.54) is 0 Å². The molecule has 6 heteroatoms. The second-order valence-corrected chi connectivity index (χ2v) is 11.1. The number of carbonyl (C=O) groups excluding carboxylic acids is 1. The fourth-order valence-corrected chi connectivity index (χ4v) is 5.52. The summed E-state index contributed by atoms with van der Waals surface area (Å²) < 4.78 is 33.1. The largest absolute Gasteiger partial charge is 0.374 e. The van der Waals surface area contributed by atoms with Crippen molar-refractivity contribution in [3.63, 3.8) is 0 Å². The fourth-order valence-electron chi connectivity index (χ4n) is 5.52. The molecule has 0 saturated carbocycles. The van der Waals surface area contributed by atoms with Crippen molar-refractivity contribution in [3.8, 4) is 0 Å². The number of benzene rings is 4. The van der Waals surface area contributed by atoms with E-state index in [9.17, 15) is 4.79 Å². The van der Waals surface area contributed by atoms with Crippen molar-refractivity contribution in [1.82, 2.24) is 0 Å². The Morgan fingerprint density at radius 1 is 0.523 bits per heavy atom. The zero-order valence-electron chi connectivity index (χ0n) is 25.1. The topological polar surface area (TPSA) is 63.2 Å². The summed E-state index contributed by atoms with van der Waals surface area (Å²) in [7, 11) is 0. The van der Waals surface area contributed by atoms with E-state index >= 15 is 0 Å². The molecule has 0 bridgehead atoms. The third kappa shape index (κ3) is 9.68. The normalized spacial score (nSPS) is 21.6. The van der Waals surface area contributed by atoms with E-state index in [2.05, 4.69) is 36.4 Å². The number of unbranched alkanes of at least 4 members (excludes halogenated alkanes) is 1. The van der Waals surface area contributed by atoms with Gasteiger partial charge in [0.2, 0.25) is 0 Å². The molecule has 1 fully saturated rings. The first-order chi connectivity index (χ1) is 21.8. The molecule has 1 heterocycles. The lowest BCUT2D eigenvalue weighted by Gasteiger charge is -2.46. The third-order valence-electron chi connectivity index (χ3n) is 7.79. The van der Waals surface area contributed by atoms with E-state index in [1.54, 1.807) is 0 Å². The summed E-state index contributed by atoms with van der Waals surface area (Å²) >= 11 is 0. The summed E-state index contributed by atoms with van der Waals surface area (Å²) in [6, 6.07) is 40.5. The molecular weight excluding hydrogens is 552 g/mol. The average molecular weight is 595 g/mol. The van der Waals surface area contributed by atoms with Crippen molar-refractivity contribution in [3.05, 3.63) is 144 Å². The number of hydrogen-bond donors (Lipinski definition) is 0. The number of ether oxygens (including phenoxy) is 5. The van der Waals surface area contributed by atoms with Crippen molar-refractivity contribution in [2.24, 2.45) is 0 Å². The van der Waals surface area contributed by atoms with E-state index in [1.807, 2.05) is 84.9 Å². The quantitative estimate of drug-likeness (QED) is 0.0960. The maximum atomic E-state index is 11.2. The molecule has 0 spiro atoms. The molecule has 4 aromatic carbocycles. The Labute approximate surface area is 260 Å². The van der Waals surface area contributed by atoms with Crippen LogP contribution in [0.3, 0.4) is 0 Å². The first kappa shape index (κ1) is 31.8. The first-order valence-electron chi connectivity index (χ1n) is 15.5. The van der Waals surface area contributed by atoms with Crippen LogP contribution in [0, 0.1) is 0 Å². The Balaban J connectivity index is 1.42. The van der Waals surface area contributed by atoms with E-state index in [4.69, 9.17) is 23.7 Å². The molecule has 230 valence electrons. The Bertz CT molecular complexity index is 1340. The summed E-state index contributed by atoms with van der Waals surface area (Å²) in [6.45, 7) is 2.00. The number of rotatable bonds is 17. The molecule has 1 aliphatic rings. The van der Waals surface area contributed by atoms with Crippen LogP contribution >= 0.6 is 0 Å². The van der Waals surface area contributed by atoms with Gasteiger partial charge in [-0.2, -0.15) is 0 Å². The zero-order chi connectivity index (χ0) is 30.2. The van der Waals surface area contributed by atoms with E-state index in [-0.39, 0.29) is 6.10 Å². The fraction of sp³-hybridized carbons (Fsp3) is 0.342. The standard InChI is InChI=1S/C38H42O6/c39-24-14-13-23-34-36(41-26-31-17-7-2-8-18-31)38(43-28-33-21-11-4-12-22-33)37(42-27-32-19-9-3-10-20-32)35(44-34)29-40-25-30-15-5-1-6-16-30/h1-12,15-22,24,34-38H,13-14,23,25-29H2/t34-,35-,36+,37+,38-/m1/s1. The van der Waals surface area contributed by atoms with E-state index < -0.39 is 24.4 Å². The molecule has 0 amide bonds. The third-order valence-corrected chi connectivity index (χ3v) is 7.79. The maximum Gasteiger partial charge on any atom is 0.119 e. The Hall–Kier alpha value is -3.65. The molecule has 44 heavy (non-hydrogen) atoms. The SMILES string of the molecule is O=CCCC[C@H]1O[C@H](COCc2ccccc2)[C@H](OCc2ccccc2)[C@H](OCc2ccccc2)[C@H]1OCc1ccccc1. The van der Waals surface area contributed by atoms with Crippen LogP contribution in [0.4, 0.5) is 0 Å². The van der Waals surface area contributed by atoms with Gasteiger partial charge < -0.3 is 28.5 Å². The van der Waals surface area contributed by atoms with Gasteiger partial charge in [0.15, 0.2) is 0 Å². The van der Waals surface area contributed by atoms with Gasteiger partial charge >= 0.3 is 0 Å². The Morgan fingerprint density at radius 3 is 1.39 bits per heavy atom. The summed E-state index contributed by atoms with van der Waals surface area (Å²) in [5, 5.41) is 0. The van der Waals surface area contributed by atoms with Crippen LogP contribution in [-0.4, -0.2) is 43.4 Å². The number of carbonyl (C=O) groups is 1. The Kier molecular flexibility index (Phi) is 12.7. The highest BCUT2D eigenvalue weighted by Crippen LogP contribution is 2.33. The highest BCUT2D eigenvalue weighted by atomic mass is 16.6. The lowest BCUT2D eigenvalue weighted by Crippen LogP contribution is -2.61. The average Bonchev–Trinajstić information content (AvgIpc) is 3.08. The van der Waals surface area contributed by atoms with E-state index in [0.717, 1.165) is 28.5 Å². The van der Waals surface area contributed by atoms with Gasteiger partial charge in [0.05, 0.1) is 39.1 Å². The van der Waals surface area contributed by atoms with E-state index in [0.29, 0.717) is 52.3 Å². The van der Waals surface area contributed by atoms with Gasteiger partial charge in [-0.05, 0) is 35.1 Å². The van der Waals surface area contributed by atoms with Crippen LogP contribution < -0.4 is 0 Å². The molecule has 1 aliphatic heterocycles. The van der Waals surface area contributed by atoms with Gasteiger partial charge in [-0.3, -0.25) is 0 Å². The van der Waals surface area contributed by atoms with Crippen LogP contribution in [0.5, 0.6) is 0 Å². The summed E-state index contributed by atoms with van der Waals surface area (Å²) in [6.07, 6.45) is 0.740. The maximum absolute atomic E-state index is 11.2. The molecule has 0 aliphatic carbocycles. The number of aldehydes is 1. The summed E-state index contributed by atoms with van der Waals surface area (Å²) in [4.78, 5) is 11.2. The smallest absolute Gasteiger partial charge is 0.119 e. The predicted octanol–water partition coefficient (Wildman–Crippen LogP) is 7.10. The molecule has 5 rings (SSSR count). The molecule has 0 aromatic heterocycles. The van der Waals surface area contributed by atoms with Gasteiger partial charge in [0.25, 0.3) is 0 Å². The minimum atomic E-state index is -0.460. The molecule has 1 saturated heterocycles. The zero-order valence-corrected chi connectivity index (χ0v) is 25.1.